The molecule has 1 unspecified atom stereocenters. The number of likely N-dealkylation sites (tertiary alicyclic amines) is 1. The maximum Gasteiger partial charge on any atom is 0.511 e. The van der Waals surface area contributed by atoms with Gasteiger partial charge >= 0.3 is 15.5 Å². The SMILES string of the molecule is CN=C(NCC1CCCN1C)NC1CCN(S(=O)(=O)C(F)(F)F)CC1. The van der Waals surface area contributed by atoms with Crippen LogP contribution in [0.4, 0.5) is 13.2 Å². The summed E-state index contributed by atoms with van der Waals surface area (Å²) in [5.74, 6) is 0.595. The molecule has 11 heteroatoms. The quantitative estimate of drug-likeness (QED) is 0.546. The van der Waals surface area contributed by atoms with E-state index >= 15 is 0 Å². The Balaban J connectivity index is 1.80. The zero-order valence-corrected chi connectivity index (χ0v) is 15.3. The number of piperidine rings is 1. The van der Waals surface area contributed by atoms with Crippen LogP contribution in [0.15, 0.2) is 4.99 Å². The molecular formula is C14H26F3N5O2S. The number of likely N-dealkylation sites (N-methyl/N-ethyl adjacent to an activating group) is 1. The molecule has 2 aliphatic rings. The van der Waals surface area contributed by atoms with E-state index in [0.717, 1.165) is 19.5 Å². The molecule has 0 saturated carbocycles. The Bertz CT molecular complexity index is 574. The van der Waals surface area contributed by atoms with Gasteiger partial charge in [0, 0.05) is 38.8 Å². The molecule has 0 spiro atoms. The molecule has 1 atom stereocenters. The van der Waals surface area contributed by atoms with Gasteiger partial charge in [0.15, 0.2) is 5.96 Å². The van der Waals surface area contributed by atoms with Gasteiger partial charge in [0.25, 0.3) is 0 Å². The van der Waals surface area contributed by atoms with Gasteiger partial charge in [0.05, 0.1) is 0 Å². The molecule has 2 aliphatic heterocycles. The number of guanidine groups is 1. The molecule has 146 valence electrons. The number of hydrogen-bond acceptors (Lipinski definition) is 4. The monoisotopic (exact) mass is 385 g/mol. The lowest BCUT2D eigenvalue weighted by Crippen LogP contribution is -2.52. The van der Waals surface area contributed by atoms with Crippen molar-refractivity contribution in [1.29, 1.82) is 0 Å². The Morgan fingerprint density at radius 2 is 1.84 bits per heavy atom. The van der Waals surface area contributed by atoms with Crippen molar-refractivity contribution in [3.63, 3.8) is 0 Å². The second kappa shape index (κ2) is 8.09. The van der Waals surface area contributed by atoms with E-state index in [2.05, 4.69) is 27.6 Å². The lowest BCUT2D eigenvalue weighted by molar-refractivity contribution is -0.0494. The fourth-order valence-corrected chi connectivity index (χ4v) is 4.21. The van der Waals surface area contributed by atoms with Crippen molar-refractivity contribution >= 4 is 16.0 Å². The highest BCUT2D eigenvalue weighted by molar-refractivity contribution is 7.90. The first kappa shape index (κ1) is 20.2. The van der Waals surface area contributed by atoms with Crippen LogP contribution in [0, 0.1) is 0 Å². The fourth-order valence-electron chi connectivity index (χ4n) is 3.23. The van der Waals surface area contributed by atoms with Crippen molar-refractivity contribution in [2.24, 2.45) is 4.99 Å². The third kappa shape index (κ3) is 4.98. The van der Waals surface area contributed by atoms with E-state index < -0.39 is 15.5 Å². The molecule has 2 rings (SSSR count). The molecule has 0 aliphatic carbocycles. The van der Waals surface area contributed by atoms with Gasteiger partial charge in [-0.15, -0.1) is 0 Å². The van der Waals surface area contributed by atoms with Crippen molar-refractivity contribution in [3.8, 4) is 0 Å². The zero-order chi connectivity index (χ0) is 18.7. The maximum atomic E-state index is 12.6. The summed E-state index contributed by atoms with van der Waals surface area (Å²) < 4.78 is 61.1. The minimum atomic E-state index is -5.24. The summed E-state index contributed by atoms with van der Waals surface area (Å²) in [6.45, 7) is 1.52. The number of halogens is 3. The van der Waals surface area contributed by atoms with Crippen LogP contribution in [-0.4, -0.2) is 81.4 Å². The largest absolute Gasteiger partial charge is 0.511 e. The Labute approximate surface area is 146 Å². The van der Waals surface area contributed by atoms with E-state index in [1.807, 2.05) is 0 Å². The highest BCUT2D eigenvalue weighted by Gasteiger charge is 2.50. The summed E-state index contributed by atoms with van der Waals surface area (Å²) in [4.78, 5) is 6.42. The van der Waals surface area contributed by atoms with Crippen LogP contribution in [0.2, 0.25) is 0 Å². The van der Waals surface area contributed by atoms with E-state index in [9.17, 15) is 21.6 Å². The molecule has 2 saturated heterocycles. The number of rotatable bonds is 4. The number of alkyl halides is 3. The molecule has 0 amide bonds. The molecule has 0 bridgehead atoms. The standard InChI is InChI=1S/C14H26F3N5O2S/c1-18-13(19-10-12-4-3-7-21(12)2)20-11-5-8-22(9-6-11)25(23,24)14(15,16)17/h11-12H,3-10H2,1-2H3,(H2,18,19,20). The number of nitrogens with one attached hydrogen (secondary N) is 2. The molecule has 25 heavy (non-hydrogen) atoms. The highest BCUT2D eigenvalue weighted by atomic mass is 32.2. The van der Waals surface area contributed by atoms with Crippen LogP contribution in [-0.2, 0) is 10.0 Å². The van der Waals surface area contributed by atoms with Crippen molar-refractivity contribution in [1.82, 2.24) is 19.8 Å². The molecule has 2 fully saturated rings. The topological polar surface area (TPSA) is 77.0 Å². The van der Waals surface area contributed by atoms with Crippen molar-refractivity contribution in [2.75, 3.05) is 40.3 Å². The summed E-state index contributed by atoms with van der Waals surface area (Å²) in [5.41, 5.74) is -5.24. The van der Waals surface area contributed by atoms with E-state index in [1.54, 1.807) is 7.05 Å². The predicted molar refractivity (Wildman–Crippen MR) is 89.7 cm³/mol. The van der Waals surface area contributed by atoms with Crippen LogP contribution >= 0.6 is 0 Å². The van der Waals surface area contributed by atoms with Gasteiger partial charge in [-0.25, -0.2) is 8.42 Å². The average molecular weight is 385 g/mol. The summed E-state index contributed by atoms with van der Waals surface area (Å²) in [6, 6.07) is 0.338. The third-order valence-electron chi connectivity index (χ3n) is 4.83. The summed E-state index contributed by atoms with van der Waals surface area (Å²) in [7, 11) is -1.52. The van der Waals surface area contributed by atoms with E-state index in [0.29, 0.717) is 29.1 Å². The predicted octanol–water partition coefficient (Wildman–Crippen LogP) is 0.560. The first-order valence-electron chi connectivity index (χ1n) is 8.39. The minimum Gasteiger partial charge on any atom is -0.355 e. The average Bonchev–Trinajstić information content (AvgIpc) is 2.96. The van der Waals surface area contributed by atoms with Crippen LogP contribution in [0.1, 0.15) is 25.7 Å². The summed E-state index contributed by atoms with van der Waals surface area (Å²) in [6.07, 6.45) is 2.90. The lowest BCUT2D eigenvalue weighted by atomic mass is 10.1. The maximum absolute atomic E-state index is 12.6. The van der Waals surface area contributed by atoms with Crippen molar-refractivity contribution in [3.05, 3.63) is 0 Å². The lowest BCUT2D eigenvalue weighted by Gasteiger charge is -2.32. The van der Waals surface area contributed by atoms with Crippen molar-refractivity contribution < 1.29 is 21.6 Å². The molecule has 0 aromatic rings. The molecule has 2 N–H and O–H groups in total. The summed E-state index contributed by atoms with van der Waals surface area (Å²) in [5, 5.41) is 6.41. The zero-order valence-electron chi connectivity index (χ0n) is 14.5. The van der Waals surface area contributed by atoms with Gasteiger partial charge < -0.3 is 15.5 Å². The molecule has 0 aromatic carbocycles. The Morgan fingerprint density at radius 3 is 2.32 bits per heavy atom. The number of aliphatic imine (C=N–C) groups is 1. The smallest absolute Gasteiger partial charge is 0.355 e. The molecule has 0 aromatic heterocycles. The van der Waals surface area contributed by atoms with Gasteiger partial charge in [0.1, 0.15) is 0 Å². The van der Waals surface area contributed by atoms with E-state index in [4.69, 9.17) is 0 Å². The number of nitrogens with zero attached hydrogens (tertiary/aromatic N) is 3. The summed E-state index contributed by atoms with van der Waals surface area (Å²) >= 11 is 0. The number of hydrogen-bond donors (Lipinski definition) is 2. The van der Waals surface area contributed by atoms with Crippen LogP contribution < -0.4 is 10.6 Å². The van der Waals surface area contributed by atoms with Crippen LogP contribution in [0.3, 0.4) is 0 Å². The Hall–Kier alpha value is -1.07. The van der Waals surface area contributed by atoms with Crippen molar-refractivity contribution in [2.45, 2.75) is 43.3 Å². The number of sulfonamides is 1. The van der Waals surface area contributed by atoms with Crippen LogP contribution in [0.25, 0.3) is 0 Å². The van der Waals surface area contributed by atoms with Gasteiger partial charge in [0.2, 0.25) is 0 Å². The van der Waals surface area contributed by atoms with Gasteiger partial charge in [-0.1, -0.05) is 0 Å². The Morgan fingerprint density at radius 1 is 1.20 bits per heavy atom. The third-order valence-corrected chi connectivity index (χ3v) is 6.46. The Kier molecular flexibility index (Phi) is 6.55. The second-order valence-corrected chi connectivity index (χ2v) is 8.43. The molecule has 0 radical (unpaired) electrons. The molecule has 2 heterocycles. The highest BCUT2D eigenvalue weighted by Crippen LogP contribution is 2.28. The molecule has 7 nitrogen and oxygen atoms in total. The first-order chi connectivity index (χ1) is 11.6. The van der Waals surface area contributed by atoms with E-state index in [-0.39, 0.29) is 19.1 Å². The van der Waals surface area contributed by atoms with Crippen LogP contribution in [0.5, 0.6) is 0 Å². The van der Waals surface area contributed by atoms with E-state index in [1.165, 1.54) is 6.42 Å². The van der Waals surface area contributed by atoms with Gasteiger partial charge in [-0.05, 0) is 39.3 Å². The minimum absolute atomic E-state index is 0.104. The molecular weight excluding hydrogens is 359 g/mol. The van der Waals surface area contributed by atoms with Gasteiger partial charge in [-0.3, -0.25) is 4.99 Å². The second-order valence-electron chi connectivity index (χ2n) is 6.50. The normalized spacial score (nSPS) is 25.3. The van der Waals surface area contributed by atoms with Gasteiger partial charge in [-0.2, -0.15) is 17.5 Å². The fraction of sp³-hybridized carbons (Fsp3) is 0.929. The first-order valence-corrected chi connectivity index (χ1v) is 9.83.